The number of rotatable bonds is 5. The Morgan fingerprint density at radius 1 is 0.415 bits per heavy atom. The molecule has 0 N–H and O–H groups in total. The van der Waals surface area contributed by atoms with Crippen LogP contribution < -0.4 is 0 Å². The first-order valence-electron chi connectivity index (χ1n) is 17.8. The summed E-state index contributed by atoms with van der Waals surface area (Å²) in [4.78, 5) is 15.3. The van der Waals surface area contributed by atoms with Crippen molar-refractivity contribution >= 4 is 49.7 Å². The smallest absolute Gasteiger partial charge is 0.145 e. The van der Waals surface area contributed by atoms with Gasteiger partial charge in [0.1, 0.15) is 28.0 Å². The van der Waals surface area contributed by atoms with Crippen LogP contribution in [0.15, 0.2) is 182 Å². The van der Waals surface area contributed by atoms with E-state index in [1.165, 1.54) is 21.9 Å². The molecule has 11 aromatic rings. The lowest BCUT2D eigenvalue weighted by Gasteiger charge is -2.13. The van der Waals surface area contributed by atoms with Crippen LogP contribution in [0.25, 0.3) is 94.8 Å². The zero-order chi connectivity index (χ0) is 34.9. The Bertz CT molecular complexity index is 3140. The minimum absolute atomic E-state index is 0.788. The second kappa shape index (κ2) is 11.6. The van der Waals surface area contributed by atoms with Gasteiger partial charge in [-0.2, -0.15) is 0 Å². The Kier molecular flexibility index (Phi) is 6.45. The first-order chi connectivity index (χ1) is 26.3. The molecule has 248 valence electrons. The lowest BCUT2D eigenvalue weighted by Crippen LogP contribution is -2.00. The Balaban J connectivity index is 1.03. The van der Waals surface area contributed by atoms with E-state index in [1.807, 2.05) is 30.5 Å². The SMILES string of the molecule is c1ccc(-c2nc3cccnc3c3nc(-c4ccc(-c5ccc(-n6c7ccccc7n7c8ccccc8cc67)cc5)cc4)n(-c4ccccc4)c23)cc1. The topological polar surface area (TPSA) is 52.9 Å². The van der Waals surface area contributed by atoms with Gasteiger partial charge >= 0.3 is 0 Å². The van der Waals surface area contributed by atoms with Gasteiger partial charge in [0.25, 0.3) is 0 Å². The summed E-state index contributed by atoms with van der Waals surface area (Å²) in [5.41, 5.74) is 15.5. The van der Waals surface area contributed by atoms with Crippen LogP contribution in [0.4, 0.5) is 0 Å². The predicted molar refractivity (Wildman–Crippen MR) is 216 cm³/mol. The molecule has 0 aliphatic carbocycles. The van der Waals surface area contributed by atoms with Crippen molar-refractivity contribution in [2.45, 2.75) is 0 Å². The maximum absolute atomic E-state index is 5.34. The minimum Gasteiger partial charge on any atom is -0.294 e. The van der Waals surface area contributed by atoms with Gasteiger partial charge in [0, 0.05) is 34.1 Å². The molecular weight excluding hydrogens is 649 g/mol. The van der Waals surface area contributed by atoms with E-state index in [4.69, 9.17) is 15.0 Å². The van der Waals surface area contributed by atoms with Gasteiger partial charge < -0.3 is 0 Å². The number of imidazole rings is 2. The molecule has 0 atom stereocenters. The van der Waals surface area contributed by atoms with Crippen molar-refractivity contribution < 1.29 is 0 Å². The van der Waals surface area contributed by atoms with Crippen LogP contribution in [0, 0.1) is 0 Å². The summed E-state index contributed by atoms with van der Waals surface area (Å²) in [6.07, 6.45) is 1.81. The molecule has 0 saturated carbocycles. The fraction of sp³-hybridized carbons (Fsp3) is 0. The number of aromatic nitrogens is 6. The Labute approximate surface area is 304 Å². The fourth-order valence-corrected chi connectivity index (χ4v) is 7.88. The van der Waals surface area contributed by atoms with Crippen LogP contribution in [0.1, 0.15) is 0 Å². The minimum atomic E-state index is 0.788. The van der Waals surface area contributed by atoms with Gasteiger partial charge in [-0.1, -0.05) is 115 Å². The van der Waals surface area contributed by atoms with Crippen molar-refractivity contribution in [2.75, 3.05) is 0 Å². The standard InChI is InChI=1S/C47H30N6/c1-3-12-33(13-4-1)43-46-45(44-38(49-43)17-11-29-48-44)50-47(52(46)36-15-5-2-6-16-36)34-23-21-31(22-24-34)32-25-27-37(28-26-32)51-40-19-9-10-20-41(40)53-39-18-8-7-14-35(39)30-42(51)53/h1-30H. The van der Waals surface area contributed by atoms with E-state index in [9.17, 15) is 0 Å². The lowest BCUT2D eigenvalue weighted by atomic mass is 10.0. The molecular formula is C47H30N6. The van der Waals surface area contributed by atoms with Crippen LogP contribution in [0.2, 0.25) is 0 Å². The Hall–Kier alpha value is -7.31. The molecule has 5 aromatic heterocycles. The van der Waals surface area contributed by atoms with Gasteiger partial charge in [0.15, 0.2) is 0 Å². The van der Waals surface area contributed by atoms with Gasteiger partial charge in [0.2, 0.25) is 0 Å². The number of nitrogens with zero attached hydrogens (tertiary/aromatic N) is 6. The summed E-state index contributed by atoms with van der Waals surface area (Å²) in [6, 6.07) is 61.8. The van der Waals surface area contributed by atoms with Crippen LogP contribution >= 0.6 is 0 Å². The highest BCUT2D eigenvalue weighted by atomic mass is 15.1. The van der Waals surface area contributed by atoms with Crippen LogP contribution in [-0.2, 0) is 0 Å². The Morgan fingerprint density at radius 3 is 1.81 bits per heavy atom. The summed E-state index contributed by atoms with van der Waals surface area (Å²) in [6.45, 7) is 0. The highest BCUT2D eigenvalue weighted by Gasteiger charge is 2.22. The van der Waals surface area contributed by atoms with E-state index in [1.54, 1.807) is 0 Å². The monoisotopic (exact) mass is 678 g/mol. The molecule has 53 heavy (non-hydrogen) atoms. The van der Waals surface area contributed by atoms with Crippen molar-refractivity contribution in [3.63, 3.8) is 0 Å². The molecule has 11 rings (SSSR count). The summed E-state index contributed by atoms with van der Waals surface area (Å²) in [5.74, 6) is 0.841. The summed E-state index contributed by atoms with van der Waals surface area (Å²) >= 11 is 0. The molecule has 0 fully saturated rings. The zero-order valence-electron chi connectivity index (χ0n) is 28.5. The molecule has 0 amide bonds. The maximum Gasteiger partial charge on any atom is 0.145 e. The quantitative estimate of drug-likeness (QED) is 0.182. The third-order valence-corrected chi connectivity index (χ3v) is 10.3. The average Bonchev–Trinajstić information content (AvgIpc) is 3.91. The second-order valence-electron chi connectivity index (χ2n) is 13.3. The first kappa shape index (κ1) is 29.4. The van der Waals surface area contributed by atoms with Gasteiger partial charge in [-0.25, -0.2) is 9.97 Å². The number of benzene rings is 6. The van der Waals surface area contributed by atoms with Crippen molar-refractivity contribution in [2.24, 2.45) is 0 Å². The van der Waals surface area contributed by atoms with E-state index < -0.39 is 0 Å². The number of hydrogen-bond acceptors (Lipinski definition) is 3. The third kappa shape index (κ3) is 4.56. The second-order valence-corrected chi connectivity index (χ2v) is 13.3. The molecule has 0 saturated heterocycles. The van der Waals surface area contributed by atoms with E-state index >= 15 is 0 Å². The Morgan fingerprint density at radius 2 is 1.04 bits per heavy atom. The molecule has 6 nitrogen and oxygen atoms in total. The largest absolute Gasteiger partial charge is 0.294 e. The maximum atomic E-state index is 5.34. The van der Waals surface area contributed by atoms with E-state index in [-0.39, 0.29) is 0 Å². The molecule has 0 radical (unpaired) electrons. The van der Waals surface area contributed by atoms with Gasteiger partial charge in [-0.3, -0.25) is 18.5 Å². The summed E-state index contributed by atoms with van der Waals surface area (Å²) in [7, 11) is 0. The fourth-order valence-electron chi connectivity index (χ4n) is 7.88. The molecule has 0 aliphatic rings. The number of hydrogen-bond donors (Lipinski definition) is 0. The number of para-hydroxylation sites is 4. The van der Waals surface area contributed by atoms with Crippen molar-refractivity contribution in [3.8, 4) is 45.1 Å². The van der Waals surface area contributed by atoms with E-state index in [0.717, 1.165) is 72.9 Å². The highest BCUT2D eigenvalue weighted by Crippen LogP contribution is 2.38. The average molecular weight is 679 g/mol. The molecule has 6 heteroatoms. The molecule has 0 unspecified atom stereocenters. The van der Waals surface area contributed by atoms with Gasteiger partial charge in [0.05, 0.1) is 27.8 Å². The van der Waals surface area contributed by atoms with Crippen LogP contribution in [-0.4, -0.2) is 28.5 Å². The van der Waals surface area contributed by atoms with Crippen molar-refractivity contribution in [3.05, 3.63) is 182 Å². The number of pyridine rings is 2. The molecule has 0 aliphatic heterocycles. The van der Waals surface area contributed by atoms with Crippen molar-refractivity contribution in [1.29, 1.82) is 0 Å². The molecule has 5 heterocycles. The van der Waals surface area contributed by atoms with E-state index in [2.05, 4.69) is 165 Å². The number of fused-ring (bicyclic) bond motifs is 8. The third-order valence-electron chi connectivity index (χ3n) is 10.3. The van der Waals surface area contributed by atoms with Gasteiger partial charge in [-0.05, 0) is 71.8 Å². The summed E-state index contributed by atoms with van der Waals surface area (Å²) < 4.78 is 6.95. The first-order valence-corrected chi connectivity index (χ1v) is 17.8. The highest BCUT2D eigenvalue weighted by molar-refractivity contribution is 6.07. The van der Waals surface area contributed by atoms with Gasteiger partial charge in [-0.15, -0.1) is 0 Å². The lowest BCUT2D eigenvalue weighted by molar-refractivity contribution is 1.10. The molecule has 0 spiro atoms. The predicted octanol–water partition coefficient (Wildman–Crippen LogP) is 11.3. The summed E-state index contributed by atoms with van der Waals surface area (Å²) in [5, 5.41) is 1.23. The van der Waals surface area contributed by atoms with E-state index in [0.29, 0.717) is 0 Å². The van der Waals surface area contributed by atoms with Crippen LogP contribution in [0.5, 0.6) is 0 Å². The van der Waals surface area contributed by atoms with Crippen molar-refractivity contribution in [1.82, 2.24) is 28.5 Å². The molecule has 6 aromatic carbocycles. The zero-order valence-corrected chi connectivity index (χ0v) is 28.5. The molecule has 0 bridgehead atoms. The van der Waals surface area contributed by atoms with Crippen LogP contribution in [0.3, 0.4) is 0 Å². The normalized spacial score (nSPS) is 11.8.